The van der Waals surface area contributed by atoms with Gasteiger partial charge in [0.05, 0.1) is 12.7 Å². The highest BCUT2D eigenvalue weighted by molar-refractivity contribution is 5.68. The summed E-state index contributed by atoms with van der Waals surface area (Å²) in [5, 5.41) is 8.77. The average molecular weight is 389 g/mol. The minimum Gasteiger partial charge on any atom is -0.497 e. The molecule has 2 aromatic heterocycles. The number of hydrogen-bond acceptors (Lipinski definition) is 5. The van der Waals surface area contributed by atoms with Crippen molar-refractivity contribution >= 4 is 5.65 Å². The van der Waals surface area contributed by atoms with Crippen LogP contribution in [0, 0.1) is 11.3 Å². The molecule has 0 aliphatic rings. The molecule has 0 N–H and O–H groups in total. The lowest BCUT2D eigenvalue weighted by Crippen LogP contribution is -2.24. The van der Waals surface area contributed by atoms with Crippen LogP contribution in [0.5, 0.6) is 11.5 Å². The maximum atomic E-state index is 13.6. The Hall–Kier alpha value is -3.54. The van der Waals surface area contributed by atoms with E-state index in [-0.39, 0.29) is 17.0 Å². The van der Waals surface area contributed by atoms with Gasteiger partial charge in [-0.25, -0.2) is 4.98 Å². The number of hydrogen-bond donors (Lipinski definition) is 0. The maximum absolute atomic E-state index is 13.6. The first kappa shape index (κ1) is 19.2. The molecule has 0 bridgehead atoms. The van der Waals surface area contributed by atoms with Gasteiger partial charge in [-0.2, -0.15) is 18.4 Å². The van der Waals surface area contributed by atoms with Crippen LogP contribution in [0.15, 0.2) is 47.4 Å². The molecule has 0 aliphatic heterocycles. The number of aromatic nitrogens is 2. The van der Waals surface area contributed by atoms with Gasteiger partial charge in [0.15, 0.2) is 11.8 Å². The van der Waals surface area contributed by atoms with Gasteiger partial charge >= 0.3 is 6.18 Å². The van der Waals surface area contributed by atoms with Crippen molar-refractivity contribution in [3.05, 3.63) is 58.6 Å². The number of benzene rings is 1. The van der Waals surface area contributed by atoms with E-state index in [0.717, 1.165) is 4.40 Å². The van der Waals surface area contributed by atoms with Crippen molar-refractivity contribution in [3.63, 3.8) is 0 Å². The highest BCUT2D eigenvalue weighted by atomic mass is 19.4. The molecule has 2 heterocycles. The molecule has 0 saturated carbocycles. The number of fused-ring (bicyclic) bond motifs is 1. The van der Waals surface area contributed by atoms with E-state index in [0.29, 0.717) is 5.75 Å². The number of halogens is 3. The van der Waals surface area contributed by atoms with Gasteiger partial charge in [-0.1, -0.05) is 12.1 Å². The molecular weight excluding hydrogens is 375 g/mol. The molecule has 1 aromatic carbocycles. The molecule has 3 rings (SSSR count). The summed E-state index contributed by atoms with van der Waals surface area (Å²) in [6.07, 6.45) is -4.25. The molecule has 28 heavy (non-hydrogen) atoms. The summed E-state index contributed by atoms with van der Waals surface area (Å²) < 4.78 is 52.1. The number of nitriles is 1. The van der Waals surface area contributed by atoms with Crippen LogP contribution in [-0.4, -0.2) is 22.6 Å². The first-order chi connectivity index (χ1) is 13.2. The summed E-state index contributed by atoms with van der Waals surface area (Å²) in [5.74, 6) is 0.575. The monoisotopic (exact) mass is 389 g/mol. The zero-order valence-corrected chi connectivity index (χ0v) is 14.8. The number of nitrogens with zero attached hydrogens (tertiary/aromatic N) is 3. The molecule has 0 radical (unpaired) electrons. The largest absolute Gasteiger partial charge is 0.497 e. The molecule has 0 unspecified atom stereocenters. The maximum Gasteiger partial charge on any atom is 0.434 e. The summed E-state index contributed by atoms with van der Waals surface area (Å²) in [7, 11) is 1.36. The van der Waals surface area contributed by atoms with Gasteiger partial charge in [0, 0.05) is 12.3 Å². The number of ether oxygens (including phenoxy) is 2. The van der Waals surface area contributed by atoms with Crippen LogP contribution in [0.3, 0.4) is 0 Å². The van der Waals surface area contributed by atoms with Gasteiger partial charge in [-0.05, 0) is 30.7 Å². The number of rotatable bonds is 4. The Balaban J connectivity index is 2.20. The van der Waals surface area contributed by atoms with Crippen molar-refractivity contribution in [3.8, 4) is 28.7 Å². The molecule has 0 aliphatic carbocycles. The summed E-state index contributed by atoms with van der Waals surface area (Å²) in [4.78, 5) is 16.5. The van der Waals surface area contributed by atoms with Crippen LogP contribution in [0.4, 0.5) is 13.2 Å². The van der Waals surface area contributed by atoms with Gasteiger partial charge in [0.25, 0.3) is 5.56 Å². The van der Waals surface area contributed by atoms with Crippen LogP contribution in [0.25, 0.3) is 16.8 Å². The second kappa shape index (κ2) is 7.23. The highest BCUT2D eigenvalue weighted by Gasteiger charge is 2.38. The summed E-state index contributed by atoms with van der Waals surface area (Å²) in [5.41, 5.74) is -2.87. The molecule has 0 amide bonds. The highest BCUT2D eigenvalue weighted by Crippen LogP contribution is 2.35. The van der Waals surface area contributed by atoms with Gasteiger partial charge in [-0.15, -0.1) is 0 Å². The second-order valence-corrected chi connectivity index (χ2v) is 5.85. The SMILES string of the molecule is COc1ccn2c(=O)c(-c3ccc(O[C@@H](C)C#N)cc3)c(C(F)(F)F)nc2c1. The van der Waals surface area contributed by atoms with Crippen molar-refractivity contribution in [2.24, 2.45) is 0 Å². The van der Waals surface area contributed by atoms with E-state index >= 15 is 0 Å². The number of alkyl halides is 3. The molecule has 0 fully saturated rings. The molecule has 0 saturated heterocycles. The van der Waals surface area contributed by atoms with Crippen LogP contribution in [0.2, 0.25) is 0 Å². The molecule has 1 atom stereocenters. The van der Waals surface area contributed by atoms with Crippen LogP contribution in [0.1, 0.15) is 12.6 Å². The topological polar surface area (TPSA) is 76.6 Å². The lowest BCUT2D eigenvalue weighted by molar-refractivity contribution is -0.140. The van der Waals surface area contributed by atoms with Crippen molar-refractivity contribution in [2.75, 3.05) is 7.11 Å². The summed E-state index contributed by atoms with van der Waals surface area (Å²) in [6, 6.07) is 10.0. The normalized spacial score (nSPS) is 12.4. The molecule has 6 nitrogen and oxygen atoms in total. The first-order valence-corrected chi connectivity index (χ1v) is 8.09. The Morgan fingerprint density at radius 1 is 1.18 bits per heavy atom. The van der Waals surface area contributed by atoms with E-state index in [2.05, 4.69) is 4.98 Å². The fraction of sp³-hybridized carbons (Fsp3) is 0.211. The van der Waals surface area contributed by atoms with E-state index < -0.39 is 29.1 Å². The third-order valence-corrected chi connectivity index (χ3v) is 3.94. The Bertz CT molecular complexity index is 1120. The van der Waals surface area contributed by atoms with Crippen molar-refractivity contribution < 1.29 is 22.6 Å². The molecule has 9 heteroatoms. The van der Waals surface area contributed by atoms with Gasteiger partial charge in [0.2, 0.25) is 0 Å². The minimum absolute atomic E-state index is 0.0343. The number of pyridine rings is 1. The van der Waals surface area contributed by atoms with E-state index in [1.165, 1.54) is 56.6 Å². The van der Waals surface area contributed by atoms with Crippen molar-refractivity contribution in [1.29, 1.82) is 5.26 Å². The van der Waals surface area contributed by atoms with E-state index in [1.807, 2.05) is 6.07 Å². The first-order valence-electron chi connectivity index (χ1n) is 8.09. The molecular formula is C19H14F3N3O3. The fourth-order valence-corrected chi connectivity index (χ4v) is 2.64. The fourth-order valence-electron chi connectivity index (χ4n) is 2.64. The van der Waals surface area contributed by atoms with E-state index in [4.69, 9.17) is 14.7 Å². The van der Waals surface area contributed by atoms with Crippen LogP contribution in [-0.2, 0) is 6.18 Å². The van der Waals surface area contributed by atoms with Crippen LogP contribution < -0.4 is 15.0 Å². The molecule has 3 aromatic rings. The quantitative estimate of drug-likeness (QED) is 0.680. The average Bonchev–Trinajstić information content (AvgIpc) is 2.67. The zero-order valence-electron chi connectivity index (χ0n) is 14.8. The second-order valence-electron chi connectivity index (χ2n) is 5.85. The Morgan fingerprint density at radius 3 is 2.43 bits per heavy atom. The number of methoxy groups -OCH3 is 1. The Labute approximate surface area is 157 Å². The van der Waals surface area contributed by atoms with Gasteiger partial charge in [-0.3, -0.25) is 9.20 Å². The predicted molar refractivity (Wildman–Crippen MR) is 94.2 cm³/mol. The zero-order chi connectivity index (χ0) is 20.5. The van der Waals surface area contributed by atoms with Gasteiger partial charge in [0.1, 0.15) is 23.2 Å². The summed E-state index contributed by atoms with van der Waals surface area (Å²) >= 11 is 0. The smallest absolute Gasteiger partial charge is 0.434 e. The molecule has 0 spiro atoms. The Kier molecular flexibility index (Phi) is 4.96. The van der Waals surface area contributed by atoms with E-state index in [9.17, 15) is 18.0 Å². The lowest BCUT2D eigenvalue weighted by Gasteiger charge is -2.14. The van der Waals surface area contributed by atoms with Crippen molar-refractivity contribution in [2.45, 2.75) is 19.2 Å². The van der Waals surface area contributed by atoms with Crippen molar-refractivity contribution in [1.82, 2.24) is 9.38 Å². The molecule has 144 valence electrons. The lowest BCUT2D eigenvalue weighted by atomic mass is 10.0. The minimum atomic E-state index is -4.84. The predicted octanol–water partition coefficient (Wildman–Crippen LogP) is 3.68. The summed E-state index contributed by atoms with van der Waals surface area (Å²) in [6.45, 7) is 1.53. The third kappa shape index (κ3) is 3.62. The third-order valence-electron chi connectivity index (χ3n) is 3.94. The van der Waals surface area contributed by atoms with Crippen LogP contribution >= 0.6 is 0 Å². The van der Waals surface area contributed by atoms with E-state index in [1.54, 1.807) is 0 Å². The standard InChI is InChI=1S/C19H14F3N3O3/c1-11(10-23)28-13-5-3-12(4-6-13)16-17(19(20,21)22)24-15-9-14(27-2)7-8-25(15)18(16)26/h3-9,11H,1-2H3/t11-/m0/s1. The Morgan fingerprint density at radius 2 is 1.86 bits per heavy atom. The van der Waals surface area contributed by atoms with Gasteiger partial charge < -0.3 is 9.47 Å².